The number of aromatic amines is 2. The van der Waals surface area contributed by atoms with Crippen LogP contribution in [0.15, 0.2) is 44.1 Å². The maximum absolute atomic E-state index is 11.4. The van der Waals surface area contributed by atoms with E-state index in [-0.39, 0.29) is 11.3 Å². The number of hydrogen-bond acceptors (Lipinski definition) is 6. The van der Waals surface area contributed by atoms with Crippen LogP contribution in [0.25, 0.3) is 0 Å². The highest BCUT2D eigenvalue weighted by Crippen LogP contribution is 2.22. The van der Waals surface area contributed by atoms with E-state index >= 15 is 0 Å². The van der Waals surface area contributed by atoms with Gasteiger partial charge in [0.2, 0.25) is 11.6 Å². The van der Waals surface area contributed by atoms with Gasteiger partial charge in [-0.1, -0.05) is 12.1 Å². The zero-order chi connectivity index (χ0) is 13.8. The Kier molecular flexibility index (Phi) is 3.20. The van der Waals surface area contributed by atoms with Crippen molar-refractivity contribution in [2.45, 2.75) is 0 Å². The Balaban J connectivity index is 2.48. The van der Waals surface area contributed by atoms with E-state index in [0.29, 0.717) is 0 Å². The van der Waals surface area contributed by atoms with E-state index in [4.69, 9.17) is 5.26 Å². The van der Waals surface area contributed by atoms with Crippen LogP contribution in [0.4, 0.5) is 11.4 Å². The van der Waals surface area contributed by atoms with Crippen molar-refractivity contribution in [3.05, 3.63) is 50.7 Å². The minimum Gasteiger partial charge on any atom is -0.493 e. The number of nitriles is 1. The zero-order valence-electron chi connectivity index (χ0n) is 9.41. The minimum absolute atomic E-state index is 0.245. The predicted molar refractivity (Wildman–Crippen MR) is 64.7 cm³/mol. The van der Waals surface area contributed by atoms with Gasteiger partial charge in [0, 0.05) is 0 Å². The van der Waals surface area contributed by atoms with E-state index in [2.05, 4.69) is 10.2 Å². The second-order valence-corrected chi connectivity index (χ2v) is 3.43. The number of H-pyrrole nitrogens is 2. The molecule has 0 saturated heterocycles. The first-order chi connectivity index (χ1) is 9.11. The zero-order valence-corrected chi connectivity index (χ0v) is 9.41. The van der Waals surface area contributed by atoms with Crippen molar-refractivity contribution in [1.29, 1.82) is 5.26 Å². The molecule has 94 valence electrons. The largest absolute Gasteiger partial charge is 0.493 e. The van der Waals surface area contributed by atoms with Gasteiger partial charge in [0.05, 0.1) is 5.56 Å². The molecule has 2 aromatic rings. The molecular formula is C11H7N5O3. The molecule has 1 aromatic heterocycles. The quantitative estimate of drug-likeness (QED) is 0.693. The van der Waals surface area contributed by atoms with Crippen LogP contribution in [0.2, 0.25) is 0 Å². The molecule has 8 nitrogen and oxygen atoms in total. The molecule has 1 heterocycles. The van der Waals surface area contributed by atoms with E-state index < -0.39 is 22.8 Å². The fourth-order valence-corrected chi connectivity index (χ4v) is 1.32. The third-order valence-electron chi connectivity index (χ3n) is 2.18. The minimum atomic E-state index is -0.876. The summed E-state index contributed by atoms with van der Waals surface area (Å²) in [4.78, 5) is 26.1. The van der Waals surface area contributed by atoms with Gasteiger partial charge >= 0.3 is 5.69 Å². The molecule has 0 unspecified atom stereocenters. The fraction of sp³-hybridized carbons (Fsp3) is 0. The van der Waals surface area contributed by atoms with Gasteiger partial charge < -0.3 is 5.11 Å². The third-order valence-corrected chi connectivity index (χ3v) is 2.18. The van der Waals surface area contributed by atoms with Crippen LogP contribution >= 0.6 is 0 Å². The van der Waals surface area contributed by atoms with E-state index in [1.807, 2.05) is 16.0 Å². The highest BCUT2D eigenvalue weighted by atomic mass is 16.3. The van der Waals surface area contributed by atoms with Crippen LogP contribution in [-0.2, 0) is 0 Å². The molecule has 8 heteroatoms. The van der Waals surface area contributed by atoms with Crippen molar-refractivity contribution in [1.82, 2.24) is 9.97 Å². The molecule has 0 fully saturated rings. The van der Waals surface area contributed by atoms with Crippen LogP contribution in [0, 0.1) is 11.3 Å². The first kappa shape index (κ1) is 12.3. The lowest BCUT2D eigenvalue weighted by Crippen LogP contribution is -2.20. The first-order valence-electron chi connectivity index (χ1n) is 5.08. The Hall–Kier alpha value is -3.21. The van der Waals surface area contributed by atoms with Gasteiger partial charge in [-0.05, 0) is 12.1 Å². The Morgan fingerprint density at radius 2 is 1.89 bits per heavy atom. The molecule has 1 aromatic carbocycles. The summed E-state index contributed by atoms with van der Waals surface area (Å²) in [6.45, 7) is 0. The standard InChI is InChI=1S/C11H7N5O3/c12-5-6-3-1-2-4-7(6)15-16-8-9(17)13-11(19)14-10(8)18/h1-4H,(H3,13,14,17,18,19). The molecule has 0 aliphatic carbocycles. The molecular weight excluding hydrogens is 250 g/mol. The highest BCUT2D eigenvalue weighted by molar-refractivity contribution is 5.53. The Bertz CT molecular complexity index is 797. The average Bonchev–Trinajstić information content (AvgIpc) is 2.38. The topological polar surface area (TPSA) is 134 Å². The molecule has 0 atom stereocenters. The SMILES string of the molecule is N#Cc1ccccc1N=Nc1c(O)[nH]c(=O)[nH]c1=O. The van der Waals surface area contributed by atoms with Crippen LogP contribution in [0.1, 0.15) is 5.56 Å². The summed E-state index contributed by atoms with van der Waals surface area (Å²) in [5, 5.41) is 25.5. The molecule has 2 rings (SSSR count). The van der Waals surface area contributed by atoms with Gasteiger partial charge in [0.15, 0.2) is 0 Å². The van der Waals surface area contributed by atoms with Crippen molar-refractivity contribution >= 4 is 11.4 Å². The number of hydrogen-bond donors (Lipinski definition) is 3. The van der Waals surface area contributed by atoms with Crippen molar-refractivity contribution < 1.29 is 5.11 Å². The fourth-order valence-electron chi connectivity index (χ4n) is 1.32. The average molecular weight is 257 g/mol. The summed E-state index contributed by atoms with van der Waals surface area (Å²) in [6, 6.07) is 8.27. The highest BCUT2D eigenvalue weighted by Gasteiger charge is 2.07. The van der Waals surface area contributed by atoms with Crippen LogP contribution in [-0.4, -0.2) is 15.1 Å². The Labute approximate surface area is 105 Å². The van der Waals surface area contributed by atoms with Gasteiger partial charge in [0.25, 0.3) is 5.56 Å². The van der Waals surface area contributed by atoms with E-state index in [1.165, 1.54) is 12.1 Å². The Morgan fingerprint density at radius 3 is 2.58 bits per heavy atom. The number of nitrogens with zero attached hydrogens (tertiary/aromatic N) is 3. The number of benzene rings is 1. The Morgan fingerprint density at radius 1 is 1.16 bits per heavy atom. The second kappa shape index (κ2) is 4.97. The summed E-state index contributed by atoms with van der Waals surface area (Å²) in [7, 11) is 0. The number of aromatic nitrogens is 2. The molecule has 0 amide bonds. The normalized spacial score (nSPS) is 10.5. The molecule has 0 bridgehead atoms. The molecule has 19 heavy (non-hydrogen) atoms. The summed E-state index contributed by atoms with van der Waals surface area (Å²) in [5.41, 5.74) is -1.65. The lowest BCUT2D eigenvalue weighted by Gasteiger charge is -1.96. The summed E-state index contributed by atoms with van der Waals surface area (Å²) < 4.78 is 0. The van der Waals surface area contributed by atoms with E-state index in [0.717, 1.165) is 0 Å². The molecule has 0 aliphatic heterocycles. The number of rotatable bonds is 2. The maximum Gasteiger partial charge on any atom is 0.328 e. The van der Waals surface area contributed by atoms with E-state index in [1.54, 1.807) is 12.1 Å². The molecule has 0 radical (unpaired) electrons. The third kappa shape index (κ3) is 2.55. The van der Waals surface area contributed by atoms with Crippen LogP contribution in [0.3, 0.4) is 0 Å². The van der Waals surface area contributed by atoms with Gasteiger partial charge in [0.1, 0.15) is 11.8 Å². The van der Waals surface area contributed by atoms with Crippen molar-refractivity contribution in [3.63, 3.8) is 0 Å². The van der Waals surface area contributed by atoms with Crippen molar-refractivity contribution in [2.24, 2.45) is 10.2 Å². The summed E-state index contributed by atoms with van der Waals surface area (Å²) in [5.74, 6) is -0.688. The number of azo groups is 1. The van der Waals surface area contributed by atoms with Gasteiger partial charge in [-0.15, -0.1) is 10.2 Å². The predicted octanol–water partition coefficient (Wildman–Crippen LogP) is 1.06. The molecule has 0 aliphatic rings. The smallest absolute Gasteiger partial charge is 0.328 e. The maximum atomic E-state index is 11.4. The van der Waals surface area contributed by atoms with Crippen molar-refractivity contribution in [3.8, 4) is 11.9 Å². The van der Waals surface area contributed by atoms with Gasteiger partial charge in [-0.2, -0.15) is 5.26 Å². The molecule has 3 N–H and O–H groups in total. The van der Waals surface area contributed by atoms with E-state index in [9.17, 15) is 14.7 Å². The summed E-state index contributed by atoms with van der Waals surface area (Å²) in [6.07, 6.45) is 0. The number of nitrogens with one attached hydrogen (secondary N) is 2. The molecule has 0 saturated carbocycles. The summed E-state index contributed by atoms with van der Waals surface area (Å²) >= 11 is 0. The first-order valence-corrected chi connectivity index (χ1v) is 5.08. The lowest BCUT2D eigenvalue weighted by molar-refractivity contribution is 0.450. The monoisotopic (exact) mass is 257 g/mol. The number of aromatic hydroxyl groups is 1. The van der Waals surface area contributed by atoms with Gasteiger partial charge in [-0.25, -0.2) is 4.79 Å². The van der Waals surface area contributed by atoms with Crippen LogP contribution < -0.4 is 11.2 Å². The van der Waals surface area contributed by atoms with Crippen molar-refractivity contribution in [2.75, 3.05) is 0 Å². The van der Waals surface area contributed by atoms with Gasteiger partial charge in [-0.3, -0.25) is 14.8 Å². The van der Waals surface area contributed by atoms with Crippen LogP contribution in [0.5, 0.6) is 5.88 Å². The second-order valence-electron chi connectivity index (χ2n) is 3.43. The molecule has 0 spiro atoms. The lowest BCUT2D eigenvalue weighted by atomic mass is 10.2.